The fourth-order valence-corrected chi connectivity index (χ4v) is 3.33. The number of aryl methyl sites for hydroxylation is 1. The van der Waals surface area contributed by atoms with E-state index in [0.29, 0.717) is 24.2 Å². The molecule has 0 radical (unpaired) electrons. The molecule has 1 amide bonds. The number of benzene rings is 1. The Hall–Kier alpha value is -2.09. The molecule has 0 atom stereocenters. The highest BCUT2D eigenvalue weighted by Crippen LogP contribution is 2.10. The van der Waals surface area contributed by atoms with Crippen LogP contribution in [0.2, 0.25) is 0 Å². The van der Waals surface area contributed by atoms with Crippen molar-refractivity contribution in [2.45, 2.75) is 20.3 Å². The van der Waals surface area contributed by atoms with Crippen molar-refractivity contribution in [1.82, 2.24) is 25.3 Å². The van der Waals surface area contributed by atoms with Crippen LogP contribution >= 0.6 is 12.4 Å². The number of hydrogen-bond acceptors (Lipinski definition) is 4. The third kappa shape index (κ3) is 5.00. The van der Waals surface area contributed by atoms with Crippen LogP contribution in [0.25, 0.3) is 5.69 Å². The van der Waals surface area contributed by atoms with E-state index in [4.69, 9.17) is 0 Å². The molecule has 3 N–H and O–H groups in total. The molecule has 0 aliphatic carbocycles. The molecule has 0 bridgehead atoms. The van der Waals surface area contributed by atoms with E-state index in [1.807, 2.05) is 19.9 Å². The Kier molecular flexibility index (Phi) is 7.65. The number of nitrogens with one attached hydrogen (secondary N) is 3. The average molecular weight is 394 g/mol. The largest absolute Gasteiger partial charge is 0.351 e. The SMILES string of the molecule is CCc1c(C)[nH]n(-c2cccc(C(=O)NCCN3CCNCC3)c2)c1=O.Cl. The number of rotatable bonds is 6. The molecule has 3 rings (SSSR count). The van der Waals surface area contributed by atoms with Crippen molar-refractivity contribution in [3.63, 3.8) is 0 Å². The van der Waals surface area contributed by atoms with Crippen LogP contribution in [-0.4, -0.2) is 59.9 Å². The third-order valence-electron chi connectivity index (χ3n) is 4.84. The Bertz CT molecular complexity index is 824. The molecule has 27 heavy (non-hydrogen) atoms. The molecule has 2 heterocycles. The topological polar surface area (TPSA) is 82.2 Å². The summed E-state index contributed by atoms with van der Waals surface area (Å²) >= 11 is 0. The van der Waals surface area contributed by atoms with Crippen molar-refractivity contribution in [3.05, 3.63) is 51.4 Å². The van der Waals surface area contributed by atoms with Gasteiger partial charge in [-0.25, -0.2) is 4.68 Å². The molecule has 148 valence electrons. The maximum atomic E-state index is 12.5. The second kappa shape index (κ2) is 9.73. The molecule has 1 aliphatic heterocycles. The number of piperazine rings is 1. The predicted molar refractivity (Wildman–Crippen MR) is 109 cm³/mol. The molecule has 1 fully saturated rings. The van der Waals surface area contributed by atoms with Crippen LogP contribution in [0.5, 0.6) is 0 Å². The number of carbonyl (C=O) groups excluding carboxylic acids is 1. The summed E-state index contributed by atoms with van der Waals surface area (Å²) in [6, 6.07) is 7.14. The van der Waals surface area contributed by atoms with Crippen LogP contribution < -0.4 is 16.2 Å². The van der Waals surface area contributed by atoms with Crippen LogP contribution in [0.4, 0.5) is 0 Å². The fraction of sp³-hybridized carbons (Fsp3) is 0.474. The summed E-state index contributed by atoms with van der Waals surface area (Å²) in [5.74, 6) is -0.117. The summed E-state index contributed by atoms with van der Waals surface area (Å²) in [4.78, 5) is 27.2. The van der Waals surface area contributed by atoms with Crippen molar-refractivity contribution >= 4 is 18.3 Å². The monoisotopic (exact) mass is 393 g/mol. The van der Waals surface area contributed by atoms with E-state index in [2.05, 4.69) is 20.6 Å². The van der Waals surface area contributed by atoms with Crippen LogP contribution in [-0.2, 0) is 6.42 Å². The molecular formula is C19H28ClN5O2. The summed E-state index contributed by atoms with van der Waals surface area (Å²) in [7, 11) is 0. The van der Waals surface area contributed by atoms with Crippen LogP contribution in [0.3, 0.4) is 0 Å². The summed E-state index contributed by atoms with van der Waals surface area (Å²) < 4.78 is 1.51. The molecule has 1 saturated heterocycles. The van der Waals surface area contributed by atoms with Gasteiger partial charge in [0.05, 0.1) is 5.69 Å². The summed E-state index contributed by atoms with van der Waals surface area (Å²) in [6.07, 6.45) is 0.681. The number of carbonyl (C=O) groups is 1. The van der Waals surface area contributed by atoms with Crippen molar-refractivity contribution in [3.8, 4) is 5.69 Å². The number of amides is 1. The fourth-order valence-electron chi connectivity index (χ4n) is 3.33. The van der Waals surface area contributed by atoms with Gasteiger partial charge in [-0.05, 0) is 31.5 Å². The first-order valence-corrected chi connectivity index (χ1v) is 9.22. The number of hydrogen-bond donors (Lipinski definition) is 3. The van der Waals surface area contributed by atoms with Crippen molar-refractivity contribution in [2.75, 3.05) is 39.3 Å². The molecule has 0 saturated carbocycles. The van der Waals surface area contributed by atoms with Gasteiger partial charge in [0, 0.05) is 56.1 Å². The number of aromatic amines is 1. The predicted octanol–water partition coefficient (Wildman–Crippen LogP) is 1.09. The maximum Gasteiger partial charge on any atom is 0.274 e. The summed E-state index contributed by atoms with van der Waals surface area (Å²) in [5.41, 5.74) is 2.81. The number of nitrogens with zero attached hydrogens (tertiary/aromatic N) is 2. The van der Waals surface area contributed by atoms with E-state index in [-0.39, 0.29) is 23.9 Å². The van der Waals surface area contributed by atoms with Gasteiger partial charge in [-0.2, -0.15) is 0 Å². The van der Waals surface area contributed by atoms with E-state index in [9.17, 15) is 9.59 Å². The molecular weight excluding hydrogens is 366 g/mol. The zero-order valence-corrected chi connectivity index (χ0v) is 16.7. The van der Waals surface area contributed by atoms with Crippen LogP contribution in [0.15, 0.2) is 29.1 Å². The van der Waals surface area contributed by atoms with Gasteiger partial charge in [0.25, 0.3) is 11.5 Å². The highest BCUT2D eigenvalue weighted by molar-refractivity contribution is 5.94. The van der Waals surface area contributed by atoms with E-state index < -0.39 is 0 Å². The minimum Gasteiger partial charge on any atom is -0.351 e. The normalized spacial score (nSPS) is 14.6. The van der Waals surface area contributed by atoms with Crippen molar-refractivity contribution in [1.29, 1.82) is 0 Å². The maximum absolute atomic E-state index is 12.5. The molecule has 2 aromatic rings. The lowest BCUT2D eigenvalue weighted by molar-refractivity contribution is 0.0947. The lowest BCUT2D eigenvalue weighted by Gasteiger charge is -2.27. The first-order chi connectivity index (χ1) is 12.6. The molecule has 1 aliphatic rings. The van der Waals surface area contributed by atoms with Gasteiger partial charge in [-0.15, -0.1) is 12.4 Å². The van der Waals surface area contributed by atoms with Crippen molar-refractivity contribution < 1.29 is 4.79 Å². The Morgan fingerprint density at radius 1 is 1.26 bits per heavy atom. The number of aromatic nitrogens is 2. The standard InChI is InChI=1S/C19H27N5O2.ClH/c1-3-17-14(2)22-24(19(17)26)16-6-4-5-15(13-16)18(25)21-9-12-23-10-7-20-8-11-23;/h4-6,13,20,22H,3,7-12H2,1-2H3,(H,21,25);1H. The smallest absolute Gasteiger partial charge is 0.274 e. The minimum atomic E-state index is -0.117. The lowest BCUT2D eigenvalue weighted by Crippen LogP contribution is -2.46. The van der Waals surface area contributed by atoms with E-state index in [1.165, 1.54) is 4.68 Å². The minimum absolute atomic E-state index is 0. The highest BCUT2D eigenvalue weighted by atomic mass is 35.5. The van der Waals surface area contributed by atoms with Gasteiger partial charge in [-0.3, -0.25) is 19.6 Å². The second-order valence-electron chi connectivity index (χ2n) is 6.61. The second-order valence-corrected chi connectivity index (χ2v) is 6.61. The number of H-pyrrole nitrogens is 1. The molecule has 7 nitrogen and oxygen atoms in total. The van der Waals surface area contributed by atoms with Gasteiger partial charge in [0.2, 0.25) is 0 Å². The van der Waals surface area contributed by atoms with Gasteiger partial charge >= 0.3 is 0 Å². The average Bonchev–Trinajstić information content (AvgIpc) is 2.96. The first kappa shape index (κ1) is 21.2. The lowest BCUT2D eigenvalue weighted by atomic mass is 10.2. The Labute approximate surface area is 165 Å². The first-order valence-electron chi connectivity index (χ1n) is 9.22. The third-order valence-corrected chi connectivity index (χ3v) is 4.84. The number of halogens is 1. The van der Waals surface area contributed by atoms with Gasteiger partial charge in [0.1, 0.15) is 0 Å². The Balaban J connectivity index is 0.00000261. The van der Waals surface area contributed by atoms with E-state index in [1.54, 1.807) is 18.2 Å². The quantitative estimate of drug-likeness (QED) is 0.686. The van der Waals surface area contributed by atoms with E-state index >= 15 is 0 Å². The van der Waals surface area contributed by atoms with Crippen molar-refractivity contribution in [2.24, 2.45) is 0 Å². The summed E-state index contributed by atoms with van der Waals surface area (Å²) in [6.45, 7) is 9.35. The van der Waals surface area contributed by atoms with Crippen LogP contribution in [0, 0.1) is 6.92 Å². The van der Waals surface area contributed by atoms with Crippen LogP contribution in [0.1, 0.15) is 28.5 Å². The highest BCUT2D eigenvalue weighted by Gasteiger charge is 2.13. The zero-order valence-electron chi connectivity index (χ0n) is 15.9. The van der Waals surface area contributed by atoms with Gasteiger partial charge < -0.3 is 10.6 Å². The molecule has 8 heteroatoms. The zero-order chi connectivity index (χ0) is 18.5. The Morgan fingerprint density at radius 2 is 2.00 bits per heavy atom. The molecule has 0 spiro atoms. The molecule has 1 aromatic carbocycles. The van der Waals surface area contributed by atoms with Gasteiger partial charge in [0.15, 0.2) is 0 Å². The Morgan fingerprint density at radius 3 is 2.67 bits per heavy atom. The van der Waals surface area contributed by atoms with Gasteiger partial charge in [-0.1, -0.05) is 13.0 Å². The summed E-state index contributed by atoms with van der Waals surface area (Å²) in [5, 5.41) is 9.38. The molecule has 1 aromatic heterocycles. The molecule has 0 unspecified atom stereocenters. The van der Waals surface area contributed by atoms with E-state index in [0.717, 1.165) is 44.0 Å².